The molecule has 18 heavy (non-hydrogen) atoms. The van der Waals surface area contributed by atoms with Crippen LogP contribution in [0.3, 0.4) is 0 Å². The highest BCUT2D eigenvalue weighted by atomic mass is 32.2. The minimum absolute atomic E-state index is 0.106. The predicted octanol–water partition coefficient (Wildman–Crippen LogP) is 4.37. The molecule has 0 amide bonds. The molecular formula is C11H9F5OS. The van der Waals surface area contributed by atoms with Crippen molar-refractivity contribution in [3.8, 4) is 0 Å². The van der Waals surface area contributed by atoms with E-state index in [4.69, 9.17) is 0 Å². The minimum Gasteiger partial charge on any atom is -0.300 e. The number of alkyl halides is 5. The van der Waals surface area contributed by atoms with E-state index in [0.29, 0.717) is 0 Å². The SMILES string of the molecule is CC(=O)Cc1ccc(C(F)F)cc1SC(F)(F)F. The van der Waals surface area contributed by atoms with Gasteiger partial charge in [-0.1, -0.05) is 12.1 Å². The topological polar surface area (TPSA) is 17.1 Å². The van der Waals surface area contributed by atoms with Gasteiger partial charge in [0, 0.05) is 16.9 Å². The summed E-state index contributed by atoms with van der Waals surface area (Å²) in [7, 11) is 0. The van der Waals surface area contributed by atoms with Crippen molar-refractivity contribution in [1.82, 2.24) is 0 Å². The third kappa shape index (κ3) is 4.64. The first-order chi connectivity index (χ1) is 8.19. The molecule has 1 aromatic carbocycles. The van der Waals surface area contributed by atoms with Crippen molar-refractivity contribution >= 4 is 17.5 Å². The van der Waals surface area contributed by atoms with Gasteiger partial charge in [-0.2, -0.15) is 13.2 Å². The fourth-order valence-electron chi connectivity index (χ4n) is 1.34. The number of carbonyl (C=O) groups is 1. The zero-order chi connectivity index (χ0) is 13.9. The van der Waals surface area contributed by atoms with Crippen LogP contribution in [0.1, 0.15) is 24.5 Å². The van der Waals surface area contributed by atoms with Gasteiger partial charge in [0.1, 0.15) is 5.78 Å². The minimum atomic E-state index is -4.58. The van der Waals surface area contributed by atoms with E-state index in [1.807, 2.05) is 0 Å². The quantitative estimate of drug-likeness (QED) is 0.603. The fourth-order valence-corrected chi connectivity index (χ4v) is 2.06. The molecule has 0 aliphatic rings. The maximum absolute atomic E-state index is 12.4. The van der Waals surface area contributed by atoms with Crippen molar-refractivity contribution < 1.29 is 26.7 Å². The van der Waals surface area contributed by atoms with E-state index in [9.17, 15) is 26.7 Å². The molecule has 1 nitrogen and oxygen atoms in total. The maximum Gasteiger partial charge on any atom is 0.446 e. The van der Waals surface area contributed by atoms with Crippen LogP contribution in [0.2, 0.25) is 0 Å². The van der Waals surface area contributed by atoms with E-state index >= 15 is 0 Å². The molecule has 0 N–H and O–H groups in total. The number of hydrogen-bond donors (Lipinski definition) is 0. The Morgan fingerprint density at radius 2 is 1.94 bits per heavy atom. The molecule has 0 radical (unpaired) electrons. The average Bonchev–Trinajstić information content (AvgIpc) is 2.17. The summed E-state index contributed by atoms with van der Waals surface area (Å²) in [5.41, 5.74) is -4.96. The molecule has 1 rings (SSSR count). The summed E-state index contributed by atoms with van der Waals surface area (Å²) in [4.78, 5) is 10.6. The molecule has 0 saturated heterocycles. The highest BCUT2D eigenvalue weighted by molar-refractivity contribution is 8.00. The van der Waals surface area contributed by atoms with Crippen molar-refractivity contribution in [3.05, 3.63) is 29.3 Å². The summed E-state index contributed by atoms with van der Waals surface area (Å²) >= 11 is -0.485. The third-order valence-electron chi connectivity index (χ3n) is 2.01. The third-order valence-corrected chi connectivity index (χ3v) is 2.84. The van der Waals surface area contributed by atoms with Crippen molar-refractivity contribution in [2.75, 3.05) is 0 Å². The van der Waals surface area contributed by atoms with Crippen LogP contribution >= 0.6 is 11.8 Å². The van der Waals surface area contributed by atoms with Crippen LogP contribution in [0.15, 0.2) is 23.1 Å². The van der Waals surface area contributed by atoms with E-state index in [-0.39, 0.29) is 22.7 Å². The number of Topliss-reactive ketones (excluding diaryl/α,β-unsaturated/α-hetero) is 1. The number of thioether (sulfide) groups is 1. The summed E-state index contributed by atoms with van der Waals surface area (Å²) in [5.74, 6) is -0.330. The Labute approximate surface area is 104 Å². The average molecular weight is 284 g/mol. The molecule has 0 saturated carbocycles. The largest absolute Gasteiger partial charge is 0.446 e. The number of hydrogen-bond acceptors (Lipinski definition) is 2. The monoisotopic (exact) mass is 284 g/mol. The van der Waals surface area contributed by atoms with Gasteiger partial charge in [-0.05, 0) is 30.3 Å². The van der Waals surface area contributed by atoms with Crippen molar-refractivity contribution in [1.29, 1.82) is 0 Å². The van der Waals surface area contributed by atoms with Gasteiger partial charge in [-0.3, -0.25) is 4.79 Å². The van der Waals surface area contributed by atoms with Crippen molar-refractivity contribution in [3.63, 3.8) is 0 Å². The number of ketones is 1. The lowest BCUT2D eigenvalue weighted by Crippen LogP contribution is -2.04. The molecule has 100 valence electrons. The Balaban J connectivity index is 3.13. The molecule has 0 fully saturated rings. The van der Waals surface area contributed by atoms with Crippen LogP contribution in [0, 0.1) is 0 Å². The standard InChI is InChI=1S/C11H9F5OS/c1-6(17)4-7-2-3-8(10(12)13)5-9(7)18-11(14,15)16/h2-3,5,10H,4H2,1H3. The van der Waals surface area contributed by atoms with Crippen LogP contribution in [0.5, 0.6) is 0 Å². The Bertz CT molecular complexity index is 442. The van der Waals surface area contributed by atoms with Gasteiger partial charge in [-0.25, -0.2) is 8.78 Å². The van der Waals surface area contributed by atoms with Crippen LogP contribution in [0.4, 0.5) is 22.0 Å². The molecular weight excluding hydrogens is 275 g/mol. The molecule has 0 unspecified atom stereocenters. The molecule has 1 aromatic rings. The lowest BCUT2D eigenvalue weighted by atomic mass is 10.1. The molecule has 0 spiro atoms. The highest BCUT2D eigenvalue weighted by Gasteiger charge is 2.31. The second-order valence-electron chi connectivity index (χ2n) is 3.59. The van der Waals surface area contributed by atoms with Gasteiger partial charge in [0.25, 0.3) is 6.43 Å². The van der Waals surface area contributed by atoms with E-state index in [0.717, 1.165) is 18.2 Å². The second kappa shape index (κ2) is 5.69. The molecule has 0 bridgehead atoms. The van der Waals surface area contributed by atoms with Crippen molar-refractivity contribution in [2.45, 2.75) is 30.2 Å². The smallest absolute Gasteiger partial charge is 0.300 e. The fraction of sp³-hybridized carbons (Fsp3) is 0.364. The summed E-state index contributed by atoms with van der Waals surface area (Å²) in [6, 6.07) is 2.95. The Morgan fingerprint density at radius 3 is 2.39 bits per heavy atom. The van der Waals surface area contributed by atoms with Gasteiger partial charge >= 0.3 is 5.51 Å². The molecule has 0 aromatic heterocycles. The summed E-state index contributed by atoms with van der Waals surface area (Å²) in [6.07, 6.45) is -3.05. The zero-order valence-corrected chi connectivity index (χ0v) is 10.0. The number of carbonyl (C=O) groups excluding carboxylic acids is 1. The van der Waals surface area contributed by atoms with Crippen LogP contribution in [0.25, 0.3) is 0 Å². The highest BCUT2D eigenvalue weighted by Crippen LogP contribution is 2.40. The van der Waals surface area contributed by atoms with E-state index < -0.39 is 29.3 Å². The van der Waals surface area contributed by atoms with Gasteiger partial charge in [-0.15, -0.1) is 0 Å². The first-order valence-electron chi connectivity index (χ1n) is 4.85. The van der Waals surface area contributed by atoms with E-state index in [2.05, 4.69) is 0 Å². The van der Waals surface area contributed by atoms with Crippen LogP contribution in [-0.4, -0.2) is 11.3 Å². The lowest BCUT2D eigenvalue weighted by molar-refractivity contribution is -0.116. The first kappa shape index (κ1) is 14.9. The van der Waals surface area contributed by atoms with Gasteiger partial charge in [0.15, 0.2) is 0 Å². The first-order valence-corrected chi connectivity index (χ1v) is 5.67. The molecule has 0 heterocycles. The Hall–Kier alpha value is -1.11. The van der Waals surface area contributed by atoms with Crippen molar-refractivity contribution in [2.24, 2.45) is 0 Å². The molecule has 0 aliphatic carbocycles. The van der Waals surface area contributed by atoms with Gasteiger partial charge in [0.2, 0.25) is 0 Å². The number of rotatable bonds is 4. The van der Waals surface area contributed by atoms with Crippen LogP contribution < -0.4 is 0 Å². The Morgan fingerprint density at radius 1 is 1.33 bits per heavy atom. The normalized spacial score (nSPS) is 11.9. The molecule has 7 heteroatoms. The molecule has 0 aliphatic heterocycles. The number of halogens is 5. The summed E-state index contributed by atoms with van der Waals surface area (Å²) in [6.45, 7) is 1.23. The Kier molecular flexibility index (Phi) is 4.72. The predicted molar refractivity (Wildman–Crippen MR) is 57.7 cm³/mol. The summed E-state index contributed by atoms with van der Waals surface area (Å²) in [5, 5.41) is 0. The van der Waals surface area contributed by atoms with Gasteiger partial charge in [0.05, 0.1) is 0 Å². The second-order valence-corrected chi connectivity index (χ2v) is 4.70. The molecule has 0 atom stereocenters. The van der Waals surface area contributed by atoms with E-state index in [1.165, 1.54) is 6.92 Å². The van der Waals surface area contributed by atoms with Gasteiger partial charge < -0.3 is 0 Å². The summed E-state index contributed by atoms with van der Waals surface area (Å²) < 4.78 is 61.7. The van der Waals surface area contributed by atoms with E-state index in [1.54, 1.807) is 0 Å². The zero-order valence-electron chi connectivity index (χ0n) is 9.22. The lowest BCUT2D eigenvalue weighted by Gasteiger charge is -2.12. The van der Waals surface area contributed by atoms with Crippen LogP contribution in [-0.2, 0) is 11.2 Å². The maximum atomic E-state index is 12.4. The number of benzene rings is 1.